The summed E-state index contributed by atoms with van der Waals surface area (Å²) in [4.78, 5) is 15.5. The summed E-state index contributed by atoms with van der Waals surface area (Å²) in [6.07, 6.45) is 4.07. The molecular weight excluding hydrogens is 258 g/mol. The number of hydrogen-bond acceptors (Lipinski definition) is 6. The quantitative estimate of drug-likeness (QED) is 0.599. The molecule has 0 aromatic carbocycles. The number of rotatable bonds is 6. The van der Waals surface area contributed by atoms with Gasteiger partial charge in [0, 0.05) is 12.7 Å². The molecule has 6 nitrogen and oxygen atoms in total. The minimum atomic E-state index is -0.360. The summed E-state index contributed by atoms with van der Waals surface area (Å²) < 4.78 is 10.5. The Labute approximate surface area is 118 Å². The number of aromatic nitrogens is 1. The second-order valence-corrected chi connectivity index (χ2v) is 4.67. The Morgan fingerprint density at radius 1 is 1.50 bits per heavy atom. The molecule has 2 rings (SSSR count). The second-order valence-electron chi connectivity index (χ2n) is 4.67. The number of anilines is 1. The standard InChI is InChI=1S/C14H21N3O3/c1-19-14(18)11-2-7-16-13(10-11)17-8-9-20-12-3-5-15-6-4-12/h2,7,10,12,15H,3-6,8-9H2,1H3,(H,16,17). The number of carbonyl (C=O) groups excluding carboxylic acids is 1. The van der Waals surface area contributed by atoms with Gasteiger partial charge in [0.15, 0.2) is 0 Å². The lowest BCUT2D eigenvalue weighted by molar-refractivity contribution is 0.0394. The Hall–Kier alpha value is -1.66. The van der Waals surface area contributed by atoms with Crippen LogP contribution >= 0.6 is 0 Å². The molecule has 0 amide bonds. The highest BCUT2D eigenvalue weighted by atomic mass is 16.5. The maximum atomic E-state index is 11.4. The van der Waals surface area contributed by atoms with Crippen molar-refractivity contribution >= 4 is 11.8 Å². The van der Waals surface area contributed by atoms with E-state index < -0.39 is 0 Å². The van der Waals surface area contributed by atoms with Crippen LogP contribution in [0.4, 0.5) is 5.82 Å². The van der Waals surface area contributed by atoms with E-state index in [0.29, 0.717) is 30.6 Å². The summed E-state index contributed by atoms with van der Waals surface area (Å²) in [6.45, 7) is 3.36. The van der Waals surface area contributed by atoms with Crippen LogP contribution in [0.15, 0.2) is 18.3 Å². The number of nitrogens with one attached hydrogen (secondary N) is 2. The molecule has 1 aliphatic rings. The number of methoxy groups -OCH3 is 1. The Morgan fingerprint density at radius 2 is 2.30 bits per heavy atom. The van der Waals surface area contributed by atoms with Crippen LogP contribution < -0.4 is 10.6 Å². The fourth-order valence-corrected chi connectivity index (χ4v) is 2.14. The average molecular weight is 279 g/mol. The third kappa shape index (κ3) is 4.47. The first-order valence-corrected chi connectivity index (χ1v) is 6.90. The first-order chi connectivity index (χ1) is 9.79. The lowest BCUT2D eigenvalue weighted by Gasteiger charge is -2.23. The molecule has 6 heteroatoms. The Balaban J connectivity index is 1.72. The molecule has 0 spiro atoms. The third-order valence-corrected chi connectivity index (χ3v) is 3.23. The average Bonchev–Trinajstić information content (AvgIpc) is 2.52. The van der Waals surface area contributed by atoms with Crippen LogP contribution in [0, 0.1) is 0 Å². The van der Waals surface area contributed by atoms with Gasteiger partial charge in [-0.15, -0.1) is 0 Å². The van der Waals surface area contributed by atoms with Crippen molar-refractivity contribution < 1.29 is 14.3 Å². The van der Waals surface area contributed by atoms with E-state index in [0.717, 1.165) is 25.9 Å². The van der Waals surface area contributed by atoms with Crippen molar-refractivity contribution in [3.8, 4) is 0 Å². The Bertz CT molecular complexity index is 433. The summed E-state index contributed by atoms with van der Waals surface area (Å²) >= 11 is 0. The number of nitrogens with zero attached hydrogens (tertiary/aromatic N) is 1. The van der Waals surface area contributed by atoms with Crippen LogP contribution in [0.25, 0.3) is 0 Å². The van der Waals surface area contributed by atoms with E-state index in [9.17, 15) is 4.79 Å². The molecule has 1 fully saturated rings. The molecule has 1 aromatic heterocycles. The number of pyridine rings is 1. The molecule has 1 aromatic rings. The van der Waals surface area contributed by atoms with E-state index in [4.69, 9.17) is 4.74 Å². The summed E-state index contributed by atoms with van der Waals surface area (Å²) in [5.74, 6) is 0.295. The highest BCUT2D eigenvalue weighted by molar-refractivity contribution is 5.89. The fraction of sp³-hybridized carbons (Fsp3) is 0.571. The Morgan fingerprint density at radius 3 is 3.05 bits per heavy atom. The lowest BCUT2D eigenvalue weighted by atomic mass is 10.1. The van der Waals surface area contributed by atoms with E-state index in [2.05, 4.69) is 20.4 Å². The van der Waals surface area contributed by atoms with E-state index in [1.165, 1.54) is 7.11 Å². The van der Waals surface area contributed by atoms with Crippen molar-refractivity contribution in [3.05, 3.63) is 23.9 Å². The number of carbonyl (C=O) groups is 1. The van der Waals surface area contributed by atoms with Gasteiger partial charge in [-0.2, -0.15) is 0 Å². The molecule has 0 saturated carbocycles. The van der Waals surface area contributed by atoms with Crippen molar-refractivity contribution in [2.45, 2.75) is 18.9 Å². The fourth-order valence-electron chi connectivity index (χ4n) is 2.14. The maximum Gasteiger partial charge on any atom is 0.338 e. The molecule has 1 aliphatic heterocycles. The van der Waals surface area contributed by atoms with Gasteiger partial charge in [0.2, 0.25) is 0 Å². The Kier molecular flexibility index (Phi) is 5.76. The summed E-state index contributed by atoms with van der Waals surface area (Å²) in [5.41, 5.74) is 0.490. The van der Waals surface area contributed by atoms with Crippen LogP contribution in [0.3, 0.4) is 0 Å². The maximum absolute atomic E-state index is 11.4. The smallest absolute Gasteiger partial charge is 0.338 e. The van der Waals surface area contributed by atoms with Gasteiger partial charge in [-0.05, 0) is 38.1 Å². The second kappa shape index (κ2) is 7.81. The van der Waals surface area contributed by atoms with Gasteiger partial charge in [-0.25, -0.2) is 9.78 Å². The van der Waals surface area contributed by atoms with Crippen LogP contribution in [-0.4, -0.2) is 50.4 Å². The van der Waals surface area contributed by atoms with Gasteiger partial charge in [-0.1, -0.05) is 0 Å². The van der Waals surface area contributed by atoms with Crippen molar-refractivity contribution in [1.29, 1.82) is 0 Å². The van der Waals surface area contributed by atoms with Crippen molar-refractivity contribution in [1.82, 2.24) is 10.3 Å². The van der Waals surface area contributed by atoms with Crippen molar-refractivity contribution in [2.24, 2.45) is 0 Å². The van der Waals surface area contributed by atoms with Crippen LogP contribution in [0.5, 0.6) is 0 Å². The molecular formula is C14H21N3O3. The first kappa shape index (κ1) is 14.7. The molecule has 2 heterocycles. The summed E-state index contributed by atoms with van der Waals surface area (Å²) in [5, 5.41) is 6.45. The van der Waals surface area contributed by atoms with Gasteiger partial charge in [0.25, 0.3) is 0 Å². The molecule has 0 bridgehead atoms. The topological polar surface area (TPSA) is 72.5 Å². The van der Waals surface area contributed by atoms with E-state index in [-0.39, 0.29) is 5.97 Å². The van der Waals surface area contributed by atoms with Gasteiger partial charge in [0.1, 0.15) is 5.82 Å². The number of esters is 1. The predicted octanol–water partition coefficient (Wildman–Crippen LogP) is 1.05. The zero-order valence-corrected chi connectivity index (χ0v) is 11.7. The van der Waals surface area contributed by atoms with Gasteiger partial charge >= 0.3 is 5.97 Å². The minimum absolute atomic E-state index is 0.354. The van der Waals surface area contributed by atoms with Crippen molar-refractivity contribution in [3.63, 3.8) is 0 Å². The monoisotopic (exact) mass is 279 g/mol. The number of piperidine rings is 1. The van der Waals surface area contributed by atoms with Crippen LogP contribution in [-0.2, 0) is 9.47 Å². The molecule has 0 radical (unpaired) electrons. The van der Waals surface area contributed by atoms with E-state index in [1.54, 1.807) is 18.3 Å². The van der Waals surface area contributed by atoms with Crippen LogP contribution in [0.2, 0.25) is 0 Å². The molecule has 0 aliphatic carbocycles. The molecule has 0 atom stereocenters. The summed E-state index contributed by atoms with van der Waals surface area (Å²) in [6, 6.07) is 3.30. The third-order valence-electron chi connectivity index (χ3n) is 3.23. The normalized spacial score (nSPS) is 15.8. The number of hydrogen-bond donors (Lipinski definition) is 2. The van der Waals surface area contributed by atoms with Crippen LogP contribution in [0.1, 0.15) is 23.2 Å². The van der Waals surface area contributed by atoms with Gasteiger partial charge < -0.3 is 20.1 Å². The first-order valence-electron chi connectivity index (χ1n) is 6.90. The number of ether oxygens (including phenoxy) is 2. The molecule has 2 N–H and O–H groups in total. The molecule has 110 valence electrons. The summed E-state index contributed by atoms with van der Waals surface area (Å²) in [7, 11) is 1.36. The molecule has 1 saturated heterocycles. The van der Waals surface area contributed by atoms with Gasteiger partial charge in [-0.3, -0.25) is 0 Å². The zero-order chi connectivity index (χ0) is 14.2. The minimum Gasteiger partial charge on any atom is -0.465 e. The SMILES string of the molecule is COC(=O)c1ccnc(NCCOC2CCNCC2)c1. The zero-order valence-electron chi connectivity index (χ0n) is 11.7. The van der Waals surface area contributed by atoms with Gasteiger partial charge in [0.05, 0.1) is 25.4 Å². The van der Waals surface area contributed by atoms with Crippen molar-refractivity contribution in [2.75, 3.05) is 38.7 Å². The molecule has 20 heavy (non-hydrogen) atoms. The highest BCUT2D eigenvalue weighted by Crippen LogP contribution is 2.09. The molecule has 0 unspecified atom stereocenters. The van der Waals surface area contributed by atoms with E-state index >= 15 is 0 Å². The largest absolute Gasteiger partial charge is 0.465 e. The highest BCUT2D eigenvalue weighted by Gasteiger charge is 2.12. The lowest BCUT2D eigenvalue weighted by Crippen LogP contribution is -2.33. The predicted molar refractivity (Wildman–Crippen MR) is 75.9 cm³/mol. The van der Waals surface area contributed by atoms with E-state index in [1.807, 2.05) is 0 Å².